The molecule has 2 aromatic rings. The fourth-order valence-corrected chi connectivity index (χ4v) is 1.70. The van der Waals surface area contributed by atoms with Gasteiger partial charge in [-0.05, 0) is 35.9 Å². The summed E-state index contributed by atoms with van der Waals surface area (Å²) < 4.78 is 18.1. The minimum Gasteiger partial charge on any atom is -0.497 e. The summed E-state index contributed by atoms with van der Waals surface area (Å²) in [7, 11) is 1.59. The highest BCUT2D eigenvalue weighted by Crippen LogP contribution is 2.12. The number of methoxy groups -OCH3 is 1. The maximum atomic E-state index is 13.0. The first-order chi connectivity index (χ1) is 9.19. The van der Waals surface area contributed by atoms with Crippen LogP contribution in [0.15, 0.2) is 48.5 Å². The number of ether oxygens (including phenoxy) is 1. The van der Waals surface area contributed by atoms with E-state index < -0.39 is 5.82 Å². The van der Waals surface area contributed by atoms with E-state index in [0.29, 0.717) is 12.1 Å². The molecule has 4 heteroatoms. The average molecular weight is 259 g/mol. The third-order valence-electron chi connectivity index (χ3n) is 2.67. The second kappa shape index (κ2) is 6.00. The van der Waals surface area contributed by atoms with Crippen LogP contribution in [0, 0.1) is 5.82 Å². The molecule has 0 aliphatic heterocycles. The maximum absolute atomic E-state index is 13.0. The normalized spacial score (nSPS) is 10.0. The third-order valence-corrected chi connectivity index (χ3v) is 2.67. The summed E-state index contributed by atoms with van der Waals surface area (Å²) in [6, 6.07) is 13.0. The lowest BCUT2D eigenvalue weighted by Gasteiger charge is -2.07. The second-order valence-electron chi connectivity index (χ2n) is 4.04. The molecular formula is C15H14FNO2. The lowest BCUT2D eigenvalue weighted by molar-refractivity contribution is 0.0950. The molecule has 0 spiro atoms. The topological polar surface area (TPSA) is 38.3 Å². The van der Waals surface area contributed by atoms with Crippen LogP contribution in [0.25, 0.3) is 0 Å². The fraction of sp³-hybridized carbons (Fsp3) is 0.133. The third kappa shape index (κ3) is 3.55. The number of amides is 1. The van der Waals surface area contributed by atoms with Gasteiger partial charge in [0.05, 0.1) is 7.11 Å². The molecule has 0 aliphatic carbocycles. The number of nitrogens with one attached hydrogen (secondary N) is 1. The first kappa shape index (κ1) is 13.1. The van der Waals surface area contributed by atoms with Gasteiger partial charge in [0.2, 0.25) is 0 Å². The minimum atomic E-state index is -0.422. The van der Waals surface area contributed by atoms with Gasteiger partial charge in [-0.3, -0.25) is 4.79 Å². The number of benzene rings is 2. The molecule has 0 saturated carbocycles. The van der Waals surface area contributed by atoms with Crippen molar-refractivity contribution in [2.75, 3.05) is 7.11 Å². The van der Waals surface area contributed by atoms with Crippen LogP contribution in [0.4, 0.5) is 4.39 Å². The Morgan fingerprint density at radius 3 is 2.74 bits per heavy atom. The number of rotatable bonds is 4. The SMILES string of the molecule is COc1cccc(CNC(=O)c2cccc(F)c2)c1. The van der Waals surface area contributed by atoms with Crippen LogP contribution < -0.4 is 10.1 Å². The Bertz CT molecular complexity index is 584. The molecule has 0 heterocycles. The van der Waals surface area contributed by atoms with E-state index >= 15 is 0 Å². The highest BCUT2D eigenvalue weighted by Gasteiger charge is 2.06. The van der Waals surface area contributed by atoms with Gasteiger partial charge >= 0.3 is 0 Å². The minimum absolute atomic E-state index is 0.303. The molecule has 0 aromatic heterocycles. The van der Waals surface area contributed by atoms with Crippen molar-refractivity contribution < 1.29 is 13.9 Å². The molecule has 0 radical (unpaired) electrons. The van der Waals surface area contributed by atoms with Crippen molar-refractivity contribution >= 4 is 5.91 Å². The molecule has 19 heavy (non-hydrogen) atoms. The number of halogens is 1. The Morgan fingerprint density at radius 2 is 2.00 bits per heavy atom. The molecule has 0 saturated heterocycles. The van der Waals surface area contributed by atoms with E-state index in [0.717, 1.165) is 11.3 Å². The van der Waals surface area contributed by atoms with Gasteiger partial charge in [-0.2, -0.15) is 0 Å². The zero-order valence-corrected chi connectivity index (χ0v) is 10.5. The van der Waals surface area contributed by atoms with Gasteiger partial charge in [0.15, 0.2) is 0 Å². The zero-order chi connectivity index (χ0) is 13.7. The summed E-state index contributed by atoms with van der Waals surface area (Å²) in [5, 5.41) is 2.73. The van der Waals surface area contributed by atoms with E-state index in [9.17, 15) is 9.18 Å². The highest BCUT2D eigenvalue weighted by atomic mass is 19.1. The van der Waals surface area contributed by atoms with Crippen molar-refractivity contribution in [1.29, 1.82) is 0 Å². The van der Waals surface area contributed by atoms with Crippen LogP contribution in [0.1, 0.15) is 15.9 Å². The van der Waals surface area contributed by atoms with E-state index in [1.54, 1.807) is 13.2 Å². The molecule has 0 bridgehead atoms. The van der Waals surface area contributed by atoms with Gasteiger partial charge in [0.1, 0.15) is 11.6 Å². The Hall–Kier alpha value is -2.36. The van der Waals surface area contributed by atoms with Gasteiger partial charge in [-0.1, -0.05) is 18.2 Å². The van der Waals surface area contributed by atoms with Crippen molar-refractivity contribution in [2.24, 2.45) is 0 Å². The molecular weight excluding hydrogens is 245 g/mol. The Balaban J connectivity index is 2.00. The van der Waals surface area contributed by atoms with Crippen LogP contribution in [-0.4, -0.2) is 13.0 Å². The molecule has 0 unspecified atom stereocenters. The Morgan fingerprint density at radius 1 is 1.21 bits per heavy atom. The number of hydrogen-bond donors (Lipinski definition) is 1. The van der Waals surface area contributed by atoms with Crippen LogP contribution in [0.2, 0.25) is 0 Å². The molecule has 1 amide bonds. The van der Waals surface area contributed by atoms with Crippen LogP contribution in [0.5, 0.6) is 5.75 Å². The van der Waals surface area contributed by atoms with Crippen LogP contribution in [0.3, 0.4) is 0 Å². The molecule has 0 atom stereocenters. The summed E-state index contributed by atoms with van der Waals surface area (Å²) in [5.74, 6) is 0.00820. The zero-order valence-electron chi connectivity index (χ0n) is 10.5. The fourth-order valence-electron chi connectivity index (χ4n) is 1.70. The number of carbonyl (C=O) groups excluding carboxylic acids is 1. The maximum Gasteiger partial charge on any atom is 0.251 e. The first-order valence-corrected chi connectivity index (χ1v) is 5.86. The summed E-state index contributed by atoms with van der Waals surface area (Å²) in [6.45, 7) is 0.368. The smallest absolute Gasteiger partial charge is 0.251 e. The predicted molar refractivity (Wildman–Crippen MR) is 70.6 cm³/mol. The van der Waals surface area contributed by atoms with E-state index in [-0.39, 0.29) is 5.91 Å². The van der Waals surface area contributed by atoms with Gasteiger partial charge in [-0.15, -0.1) is 0 Å². The lowest BCUT2D eigenvalue weighted by atomic mass is 10.2. The first-order valence-electron chi connectivity index (χ1n) is 5.86. The monoisotopic (exact) mass is 259 g/mol. The van der Waals surface area contributed by atoms with E-state index in [1.807, 2.05) is 24.3 Å². The molecule has 3 nitrogen and oxygen atoms in total. The second-order valence-corrected chi connectivity index (χ2v) is 4.04. The molecule has 2 aromatic carbocycles. The van der Waals surface area contributed by atoms with Crippen LogP contribution >= 0.6 is 0 Å². The summed E-state index contributed by atoms with van der Waals surface area (Å²) in [5.41, 5.74) is 1.23. The van der Waals surface area contributed by atoms with Crippen molar-refractivity contribution in [1.82, 2.24) is 5.32 Å². The van der Waals surface area contributed by atoms with Gasteiger partial charge < -0.3 is 10.1 Å². The summed E-state index contributed by atoms with van der Waals surface area (Å²) >= 11 is 0. The standard InChI is InChI=1S/C15H14FNO2/c1-19-14-7-2-4-11(8-14)10-17-15(18)12-5-3-6-13(16)9-12/h2-9H,10H2,1H3,(H,17,18). The molecule has 0 aliphatic rings. The largest absolute Gasteiger partial charge is 0.497 e. The van der Waals surface area contributed by atoms with Gasteiger partial charge in [-0.25, -0.2) is 4.39 Å². The summed E-state index contributed by atoms with van der Waals surface area (Å²) in [6.07, 6.45) is 0. The quantitative estimate of drug-likeness (QED) is 0.916. The molecule has 1 N–H and O–H groups in total. The molecule has 0 fully saturated rings. The average Bonchev–Trinajstić information content (AvgIpc) is 2.45. The van der Waals surface area contributed by atoms with Crippen molar-refractivity contribution in [3.05, 3.63) is 65.5 Å². The van der Waals surface area contributed by atoms with Crippen molar-refractivity contribution in [2.45, 2.75) is 6.54 Å². The Kier molecular flexibility index (Phi) is 4.13. The van der Waals surface area contributed by atoms with Gasteiger partial charge in [0.25, 0.3) is 5.91 Å². The van der Waals surface area contributed by atoms with Crippen molar-refractivity contribution in [3.63, 3.8) is 0 Å². The molecule has 98 valence electrons. The predicted octanol–water partition coefficient (Wildman–Crippen LogP) is 2.76. The molecule has 2 rings (SSSR count). The summed E-state index contributed by atoms with van der Waals surface area (Å²) in [4.78, 5) is 11.8. The highest BCUT2D eigenvalue weighted by molar-refractivity contribution is 5.94. The van der Waals surface area contributed by atoms with Crippen molar-refractivity contribution in [3.8, 4) is 5.75 Å². The number of carbonyl (C=O) groups is 1. The van der Waals surface area contributed by atoms with E-state index in [1.165, 1.54) is 18.2 Å². The van der Waals surface area contributed by atoms with E-state index in [2.05, 4.69) is 5.32 Å². The number of hydrogen-bond acceptors (Lipinski definition) is 2. The lowest BCUT2D eigenvalue weighted by Crippen LogP contribution is -2.22. The van der Waals surface area contributed by atoms with Gasteiger partial charge in [0, 0.05) is 12.1 Å². The van der Waals surface area contributed by atoms with E-state index in [4.69, 9.17) is 4.74 Å². The Labute approximate surface area is 111 Å². The van der Waals surface area contributed by atoms with Crippen LogP contribution in [-0.2, 0) is 6.54 Å².